The Morgan fingerprint density at radius 1 is 1.58 bits per heavy atom. The van der Waals surface area contributed by atoms with Gasteiger partial charge >= 0.3 is 5.97 Å². The fraction of sp³-hybridized carbons (Fsp3) is 0.667. The number of rotatable bonds is 1. The molecular formula is C9H13NO2. The molecule has 0 radical (unpaired) electrons. The van der Waals surface area contributed by atoms with Crippen molar-refractivity contribution in [3.05, 3.63) is 11.8 Å². The van der Waals surface area contributed by atoms with Crippen molar-refractivity contribution in [2.45, 2.75) is 19.3 Å². The SMILES string of the molecule is O=C(O)C1CCC=C2NCCC21. The summed E-state index contributed by atoms with van der Waals surface area (Å²) in [7, 11) is 0. The van der Waals surface area contributed by atoms with E-state index in [9.17, 15) is 4.79 Å². The molecule has 0 aromatic carbocycles. The molecule has 1 aliphatic carbocycles. The van der Waals surface area contributed by atoms with Crippen molar-refractivity contribution in [3.63, 3.8) is 0 Å². The summed E-state index contributed by atoms with van der Waals surface area (Å²) in [5.74, 6) is -0.495. The number of nitrogens with one attached hydrogen (secondary N) is 1. The highest BCUT2D eigenvalue weighted by Gasteiger charge is 2.35. The smallest absolute Gasteiger partial charge is 0.307 e. The Bertz CT molecular complexity index is 235. The molecule has 3 heteroatoms. The first kappa shape index (κ1) is 7.65. The van der Waals surface area contributed by atoms with Gasteiger partial charge < -0.3 is 10.4 Å². The Labute approximate surface area is 71.5 Å². The first-order chi connectivity index (χ1) is 5.79. The van der Waals surface area contributed by atoms with Crippen molar-refractivity contribution in [1.29, 1.82) is 0 Å². The number of hydrogen-bond donors (Lipinski definition) is 2. The average molecular weight is 167 g/mol. The van der Waals surface area contributed by atoms with Crippen LogP contribution in [0.5, 0.6) is 0 Å². The molecule has 0 aromatic rings. The zero-order valence-electron chi connectivity index (χ0n) is 6.92. The molecule has 1 saturated heterocycles. The zero-order chi connectivity index (χ0) is 8.55. The minimum Gasteiger partial charge on any atom is -0.481 e. The highest BCUT2D eigenvalue weighted by atomic mass is 16.4. The highest BCUT2D eigenvalue weighted by Crippen LogP contribution is 2.34. The van der Waals surface area contributed by atoms with Crippen LogP contribution in [0.1, 0.15) is 19.3 Å². The third kappa shape index (κ3) is 1.09. The van der Waals surface area contributed by atoms with Gasteiger partial charge in [-0.3, -0.25) is 4.79 Å². The van der Waals surface area contributed by atoms with Crippen LogP contribution in [0.3, 0.4) is 0 Å². The molecule has 0 spiro atoms. The molecule has 3 nitrogen and oxygen atoms in total. The Hall–Kier alpha value is -0.990. The quantitative estimate of drug-likeness (QED) is 0.612. The van der Waals surface area contributed by atoms with Crippen LogP contribution < -0.4 is 5.32 Å². The number of hydrogen-bond acceptors (Lipinski definition) is 2. The third-order valence-electron chi connectivity index (χ3n) is 2.83. The second kappa shape index (κ2) is 2.81. The number of carboxylic acid groups (broad SMARTS) is 1. The predicted octanol–water partition coefficient (Wildman–Crippen LogP) is 0.974. The van der Waals surface area contributed by atoms with Crippen LogP contribution in [0, 0.1) is 11.8 Å². The molecule has 1 aliphatic heterocycles. The van der Waals surface area contributed by atoms with Gasteiger partial charge in [-0.05, 0) is 19.3 Å². The van der Waals surface area contributed by atoms with Gasteiger partial charge in [0.15, 0.2) is 0 Å². The summed E-state index contributed by atoms with van der Waals surface area (Å²) in [5, 5.41) is 12.2. The first-order valence-corrected chi connectivity index (χ1v) is 4.46. The fourth-order valence-corrected chi connectivity index (χ4v) is 2.22. The molecule has 2 N–H and O–H groups in total. The molecule has 2 aliphatic rings. The maximum absolute atomic E-state index is 10.8. The molecule has 0 aromatic heterocycles. The minimum absolute atomic E-state index is 0.139. The average Bonchev–Trinajstić information content (AvgIpc) is 2.49. The summed E-state index contributed by atoms with van der Waals surface area (Å²) < 4.78 is 0. The number of aliphatic carboxylic acids is 1. The molecule has 0 amide bonds. The van der Waals surface area contributed by atoms with Crippen LogP contribution in [0.15, 0.2) is 11.8 Å². The Balaban J connectivity index is 2.19. The summed E-state index contributed by atoms with van der Waals surface area (Å²) in [6.07, 6.45) is 4.86. The molecule has 0 bridgehead atoms. The van der Waals surface area contributed by atoms with E-state index in [-0.39, 0.29) is 11.8 Å². The van der Waals surface area contributed by atoms with Gasteiger partial charge in [-0.15, -0.1) is 0 Å². The molecule has 2 unspecified atom stereocenters. The van der Waals surface area contributed by atoms with Crippen LogP contribution >= 0.6 is 0 Å². The van der Waals surface area contributed by atoms with Gasteiger partial charge in [0.2, 0.25) is 0 Å². The zero-order valence-corrected chi connectivity index (χ0v) is 6.92. The Morgan fingerprint density at radius 3 is 3.17 bits per heavy atom. The van der Waals surface area contributed by atoms with E-state index in [4.69, 9.17) is 5.11 Å². The van der Waals surface area contributed by atoms with E-state index in [2.05, 4.69) is 11.4 Å². The monoisotopic (exact) mass is 167 g/mol. The second-order valence-electron chi connectivity index (χ2n) is 3.50. The van der Waals surface area contributed by atoms with Crippen molar-refractivity contribution in [3.8, 4) is 0 Å². The normalized spacial score (nSPS) is 33.5. The van der Waals surface area contributed by atoms with E-state index in [1.807, 2.05) is 0 Å². The van der Waals surface area contributed by atoms with E-state index in [1.54, 1.807) is 0 Å². The summed E-state index contributed by atoms with van der Waals surface area (Å²) in [6, 6.07) is 0. The Kier molecular flexibility index (Phi) is 1.79. The van der Waals surface area contributed by atoms with Gasteiger partial charge in [0.05, 0.1) is 5.92 Å². The van der Waals surface area contributed by atoms with Crippen LogP contribution in [-0.4, -0.2) is 17.6 Å². The molecule has 12 heavy (non-hydrogen) atoms. The molecule has 2 atom stereocenters. The van der Waals surface area contributed by atoms with Crippen LogP contribution in [-0.2, 0) is 4.79 Å². The van der Waals surface area contributed by atoms with E-state index < -0.39 is 5.97 Å². The number of carbonyl (C=O) groups is 1. The summed E-state index contributed by atoms with van der Waals surface area (Å²) >= 11 is 0. The van der Waals surface area contributed by atoms with Crippen molar-refractivity contribution in [1.82, 2.24) is 5.32 Å². The summed E-state index contributed by atoms with van der Waals surface area (Å²) in [4.78, 5) is 10.8. The van der Waals surface area contributed by atoms with Crippen molar-refractivity contribution in [2.24, 2.45) is 11.8 Å². The lowest BCUT2D eigenvalue weighted by Crippen LogP contribution is -2.26. The lowest BCUT2D eigenvalue weighted by atomic mass is 9.82. The molecule has 66 valence electrons. The van der Waals surface area contributed by atoms with Crippen molar-refractivity contribution >= 4 is 5.97 Å². The maximum Gasteiger partial charge on any atom is 0.307 e. The summed E-state index contributed by atoms with van der Waals surface area (Å²) in [6.45, 7) is 0.945. The Morgan fingerprint density at radius 2 is 2.42 bits per heavy atom. The van der Waals surface area contributed by atoms with Crippen LogP contribution in [0.25, 0.3) is 0 Å². The van der Waals surface area contributed by atoms with Crippen LogP contribution in [0.4, 0.5) is 0 Å². The van der Waals surface area contributed by atoms with E-state index in [1.165, 1.54) is 5.70 Å². The number of carboxylic acids is 1. The maximum atomic E-state index is 10.8. The highest BCUT2D eigenvalue weighted by molar-refractivity contribution is 5.71. The lowest BCUT2D eigenvalue weighted by molar-refractivity contribution is -0.143. The third-order valence-corrected chi connectivity index (χ3v) is 2.83. The molecule has 1 fully saturated rings. The molecular weight excluding hydrogens is 154 g/mol. The van der Waals surface area contributed by atoms with Gasteiger partial charge in [-0.1, -0.05) is 6.08 Å². The predicted molar refractivity (Wildman–Crippen MR) is 44.6 cm³/mol. The largest absolute Gasteiger partial charge is 0.481 e. The standard InChI is InChI=1S/C9H13NO2/c11-9(12)7-2-1-3-8-6(7)4-5-10-8/h3,6-7,10H,1-2,4-5H2,(H,11,12). The van der Waals surface area contributed by atoms with E-state index in [0.29, 0.717) is 0 Å². The van der Waals surface area contributed by atoms with E-state index >= 15 is 0 Å². The summed E-state index contributed by atoms with van der Waals surface area (Å²) in [5.41, 5.74) is 1.17. The molecule has 2 rings (SSSR count). The molecule has 0 saturated carbocycles. The second-order valence-corrected chi connectivity index (χ2v) is 3.50. The van der Waals surface area contributed by atoms with Gasteiger partial charge in [-0.25, -0.2) is 0 Å². The van der Waals surface area contributed by atoms with Gasteiger partial charge in [0.1, 0.15) is 0 Å². The van der Waals surface area contributed by atoms with E-state index in [0.717, 1.165) is 25.8 Å². The van der Waals surface area contributed by atoms with Gasteiger partial charge in [0, 0.05) is 18.2 Å². The topological polar surface area (TPSA) is 49.3 Å². The van der Waals surface area contributed by atoms with Crippen molar-refractivity contribution in [2.75, 3.05) is 6.54 Å². The molecule has 1 heterocycles. The van der Waals surface area contributed by atoms with Gasteiger partial charge in [-0.2, -0.15) is 0 Å². The van der Waals surface area contributed by atoms with Crippen LogP contribution in [0.2, 0.25) is 0 Å². The number of allylic oxidation sites excluding steroid dienone is 2. The minimum atomic E-state index is -0.630. The van der Waals surface area contributed by atoms with Crippen molar-refractivity contribution < 1.29 is 9.90 Å². The lowest BCUT2D eigenvalue weighted by Gasteiger charge is -2.23. The fourth-order valence-electron chi connectivity index (χ4n) is 2.22. The first-order valence-electron chi connectivity index (χ1n) is 4.46. The number of fused-ring (bicyclic) bond motifs is 1. The van der Waals surface area contributed by atoms with Gasteiger partial charge in [0.25, 0.3) is 0 Å².